The summed E-state index contributed by atoms with van der Waals surface area (Å²) in [5.41, 5.74) is 3.43. The van der Waals surface area contributed by atoms with Gasteiger partial charge in [-0.3, -0.25) is 4.79 Å². The molecule has 7 heteroatoms. The highest BCUT2D eigenvalue weighted by Crippen LogP contribution is 2.22. The number of hydrogen-bond donors (Lipinski definition) is 1. The maximum atomic E-state index is 11.4. The molecule has 1 aromatic heterocycles. The van der Waals surface area contributed by atoms with Crippen molar-refractivity contribution >= 4 is 23.4 Å². The normalized spacial score (nSPS) is 14.6. The first kappa shape index (κ1) is 16.2. The first-order chi connectivity index (χ1) is 11.5. The topological polar surface area (TPSA) is 74.2 Å². The van der Waals surface area contributed by atoms with Crippen LogP contribution in [0.5, 0.6) is 0 Å². The van der Waals surface area contributed by atoms with E-state index in [9.17, 15) is 4.79 Å². The molecule has 1 aliphatic rings. The Labute approximate surface area is 141 Å². The van der Waals surface area contributed by atoms with Crippen LogP contribution in [0.4, 0.5) is 17.5 Å². The summed E-state index contributed by atoms with van der Waals surface area (Å²) >= 11 is 0. The first-order valence-corrected chi connectivity index (χ1v) is 8.08. The molecule has 0 atom stereocenters. The molecular weight excluding hydrogens is 304 g/mol. The van der Waals surface area contributed by atoms with E-state index in [1.807, 2.05) is 17.0 Å². The Morgan fingerprint density at radius 2 is 1.92 bits per heavy atom. The SMILES string of the molecule is CC(=O)N1CCN(c2nncc(Nc3cccc(C)c3C)n2)CC1. The zero-order chi connectivity index (χ0) is 17.1. The standard InChI is InChI=1S/C17H22N6O/c1-12-5-4-6-15(13(12)2)19-16-11-18-21-17(20-16)23-9-7-22(8-10-23)14(3)24/h4-6,11H,7-10H2,1-3H3,(H,19,20,21). The van der Waals surface area contributed by atoms with E-state index in [2.05, 4.69) is 45.3 Å². The maximum Gasteiger partial charge on any atom is 0.247 e. The predicted molar refractivity (Wildman–Crippen MR) is 93.5 cm³/mol. The molecule has 3 rings (SSSR count). The average molecular weight is 326 g/mol. The van der Waals surface area contributed by atoms with E-state index >= 15 is 0 Å². The summed E-state index contributed by atoms with van der Waals surface area (Å²) in [4.78, 5) is 19.9. The third-order valence-electron chi connectivity index (χ3n) is 4.42. The molecule has 1 aliphatic heterocycles. The molecule has 1 N–H and O–H groups in total. The van der Waals surface area contributed by atoms with Crippen LogP contribution in [-0.4, -0.2) is 52.2 Å². The molecule has 0 spiro atoms. The molecule has 0 aliphatic carbocycles. The Kier molecular flexibility index (Phi) is 4.59. The number of amides is 1. The van der Waals surface area contributed by atoms with Crippen LogP contribution < -0.4 is 10.2 Å². The number of nitrogens with one attached hydrogen (secondary N) is 1. The lowest BCUT2D eigenvalue weighted by molar-refractivity contribution is -0.129. The van der Waals surface area contributed by atoms with Gasteiger partial charge in [0.15, 0.2) is 5.82 Å². The van der Waals surface area contributed by atoms with E-state index < -0.39 is 0 Å². The molecule has 1 amide bonds. The number of rotatable bonds is 3. The van der Waals surface area contributed by atoms with Gasteiger partial charge in [-0.1, -0.05) is 12.1 Å². The van der Waals surface area contributed by atoms with Crippen molar-refractivity contribution in [1.29, 1.82) is 0 Å². The first-order valence-electron chi connectivity index (χ1n) is 8.08. The van der Waals surface area contributed by atoms with Gasteiger partial charge in [0, 0.05) is 38.8 Å². The quantitative estimate of drug-likeness (QED) is 0.928. The van der Waals surface area contributed by atoms with Crippen molar-refractivity contribution < 1.29 is 4.79 Å². The molecule has 0 radical (unpaired) electrons. The van der Waals surface area contributed by atoms with Crippen LogP contribution >= 0.6 is 0 Å². The van der Waals surface area contributed by atoms with E-state index in [4.69, 9.17) is 0 Å². The van der Waals surface area contributed by atoms with Gasteiger partial charge in [-0.25, -0.2) is 0 Å². The number of benzene rings is 1. The van der Waals surface area contributed by atoms with Crippen LogP contribution in [0.25, 0.3) is 0 Å². The molecule has 0 saturated carbocycles. The molecule has 2 heterocycles. The van der Waals surface area contributed by atoms with Gasteiger partial charge in [0.2, 0.25) is 11.9 Å². The van der Waals surface area contributed by atoms with Gasteiger partial charge in [-0.15, -0.1) is 5.10 Å². The minimum absolute atomic E-state index is 0.110. The van der Waals surface area contributed by atoms with Crippen molar-refractivity contribution in [1.82, 2.24) is 20.1 Å². The molecule has 1 fully saturated rings. The summed E-state index contributed by atoms with van der Waals surface area (Å²) in [5.74, 6) is 1.37. The van der Waals surface area contributed by atoms with Crippen molar-refractivity contribution in [2.75, 3.05) is 36.4 Å². The lowest BCUT2D eigenvalue weighted by atomic mass is 10.1. The van der Waals surface area contributed by atoms with E-state index in [0.29, 0.717) is 37.9 Å². The van der Waals surface area contributed by atoms with Gasteiger partial charge in [-0.05, 0) is 31.0 Å². The fraction of sp³-hybridized carbons (Fsp3) is 0.412. The smallest absolute Gasteiger partial charge is 0.247 e. The zero-order valence-electron chi connectivity index (χ0n) is 14.3. The van der Waals surface area contributed by atoms with E-state index in [0.717, 1.165) is 5.69 Å². The Morgan fingerprint density at radius 1 is 1.17 bits per heavy atom. The maximum absolute atomic E-state index is 11.4. The zero-order valence-corrected chi connectivity index (χ0v) is 14.3. The van der Waals surface area contributed by atoms with Crippen LogP contribution in [0.1, 0.15) is 18.1 Å². The van der Waals surface area contributed by atoms with Gasteiger partial charge in [-0.2, -0.15) is 10.1 Å². The Balaban J connectivity index is 1.73. The molecule has 2 aromatic rings. The highest BCUT2D eigenvalue weighted by atomic mass is 16.2. The molecule has 0 bridgehead atoms. The van der Waals surface area contributed by atoms with Gasteiger partial charge >= 0.3 is 0 Å². The fourth-order valence-corrected chi connectivity index (χ4v) is 2.73. The van der Waals surface area contributed by atoms with Gasteiger partial charge in [0.25, 0.3) is 0 Å². The fourth-order valence-electron chi connectivity index (χ4n) is 2.73. The number of nitrogens with zero attached hydrogens (tertiary/aromatic N) is 5. The van der Waals surface area contributed by atoms with Crippen molar-refractivity contribution in [3.8, 4) is 0 Å². The molecular formula is C17H22N6O. The van der Waals surface area contributed by atoms with E-state index in [1.54, 1.807) is 13.1 Å². The molecule has 7 nitrogen and oxygen atoms in total. The van der Waals surface area contributed by atoms with Crippen LogP contribution in [0.2, 0.25) is 0 Å². The van der Waals surface area contributed by atoms with Crippen LogP contribution in [-0.2, 0) is 4.79 Å². The Morgan fingerprint density at radius 3 is 2.62 bits per heavy atom. The van der Waals surface area contributed by atoms with Gasteiger partial charge in [0.05, 0.1) is 6.20 Å². The van der Waals surface area contributed by atoms with Crippen LogP contribution in [0.15, 0.2) is 24.4 Å². The second-order valence-corrected chi connectivity index (χ2v) is 6.01. The van der Waals surface area contributed by atoms with Crippen molar-refractivity contribution in [2.24, 2.45) is 0 Å². The monoisotopic (exact) mass is 326 g/mol. The Bertz CT molecular complexity index is 740. The van der Waals surface area contributed by atoms with E-state index in [1.165, 1.54) is 11.1 Å². The minimum atomic E-state index is 0.110. The number of carbonyl (C=O) groups excluding carboxylic acids is 1. The Hall–Kier alpha value is -2.70. The third kappa shape index (κ3) is 3.45. The average Bonchev–Trinajstić information content (AvgIpc) is 2.59. The number of anilines is 3. The number of hydrogen-bond acceptors (Lipinski definition) is 6. The lowest BCUT2D eigenvalue weighted by Gasteiger charge is -2.33. The summed E-state index contributed by atoms with van der Waals surface area (Å²) < 4.78 is 0. The van der Waals surface area contributed by atoms with Crippen LogP contribution in [0.3, 0.4) is 0 Å². The number of aryl methyl sites for hydroxylation is 1. The van der Waals surface area contributed by atoms with Crippen LogP contribution in [0, 0.1) is 13.8 Å². The molecule has 1 aromatic carbocycles. The summed E-state index contributed by atoms with van der Waals surface area (Å²) in [6.45, 7) is 8.57. The van der Waals surface area contributed by atoms with Gasteiger partial charge < -0.3 is 15.1 Å². The summed E-state index contributed by atoms with van der Waals surface area (Å²) in [6.07, 6.45) is 1.62. The number of piperazine rings is 1. The number of aromatic nitrogens is 3. The number of carbonyl (C=O) groups is 1. The summed E-state index contributed by atoms with van der Waals surface area (Å²) in [6, 6.07) is 6.12. The van der Waals surface area contributed by atoms with Crippen molar-refractivity contribution in [3.05, 3.63) is 35.5 Å². The molecule has 24 heavy (non-hydrogen) atoms. The van der Waals surface area contributed by atoms with Crippen molar-refractivity contribution in [3.63, 3.8) is 0 Å². The second kappa shape index (κ2) is 6.82. The predicted octanol–water partition coefficient (Wildman–Crippen LogP) is 1.90. The molecule has 126 valence electrons. The lowest BCUT2D eigenvalue weighted by Crippen LogP contribution is -2.48. The summed E-state index contributed by atoms with van der Waals surface area (Å²) in [7, 11) is 0. The second-order valence-electron chi connectivity index (χ2n) is 6.01. The largest absolute Gasteiger partial charge is 0.339 e. The van der Waals surface area contributed by atoms with Crippen molar-refractivity contribution in [2.45, 2.75) is 20.8 Å². The highest BCUT2D eigenvalue weighted by molar-refractivity contribution is 5.73. The third-order valence-corrected chi connectivity index (χ3v) is 4.42. The van der Waals surface area contributed by atoms with Gasteiger partial charge in [0.1, 0.15) is 0 Å². The highest BCUT2D eigenvalue weighted by Gasteiger charge is 2.21. The minimum Gasteiger partial charge on any atom is -0.339 e. The molecule has 1 saturated heterocycles. The van der Waals surface area contributed by atoms with E-state index in [-0.39, 0.29) is 5.91 Å². The molecule has 0 unspecified atom stereocenters. The summed E-state index contributed by atoms with van der Waals surface area (Å²) in [5, 5.41) is 11.5.